The maximum absolute atomic E-state index is 12.4. The molecule has 1 saturated carbocycles. The highest BCUT2D eigenvalue weighted by Crippen LogP contribution is 2.30. The van der Waals surface area contributed by atoms with Crippen LogP contribution in [0.2, 0.25) is 0 Å². The summed E-state index contributed by atoms with van der Waals surface area (Å²) in [7, 11) is 0. The van der Waals surface area contributed by atoms with Gasteiger partial charge in [-0.15, -0.1) is 0 Å². The summed E-state index contributed by atoms with van der Waals surface area (Å²) >= 11 is 0. The van der Waals surface area contributed by atoms with E-state index in [1.807, 2.05) is 49.4 Å². The fourth-order valence-corrected chi connectivity index (χ4v) is 3.62. The zero-order chi connectivity index (χ0) is 21.2. The Bertz CT molecular complexity index is 1250. The molecule has 1 amide bonds. The average Bonchev–Trinajstić information content (AvgIpc) is 3.62. The quantitative estimate of drug-likeness (QED) is 0.465. The number of hydrogen-bond donors (Lipinski definition) is 2. The minimum atomic E-state index is -0.0657. The van der Waals surface area contributed by atoms with Gasteiger partial charge in [0.15, 0.2) is 0 Å². The molecular formula is C26H24N4O. The van der Waals surface area contributed by atoms with Gasteiger partial charge in [0.1, 0.15) is 12.1 Å². The highest BCUT2D eigenvalue weighted by molar-refractivity contribution is 5.94. The van der Waals surface area contributed by atoms with Crippen LogP contribution in [0.3, 0.4) is 0 Å². The van der Waals surface area contributed by atoms with Gasteiger partial charge in [0, 0.05) is 23.5 Å². The zero-order valence-electron chi connectivity index (χ0n) is 17.4. The number of benzene rings is 3. The molecule has 0 bridgehead atoms. The number of anilines is 1. The molecule has 1 fully saturated rings. The van der Waals surface area contributed by atoms with Gasteiger partial charge in [0.2, 0.25) is 0 Å². The Hall–Kier alpha value is -3.73. The van der Waals surface area contributed by atoms with E-state index >= 15 is 0 Å². The number of nitrogens with zero attached hydrogens (tertiary/aromatic N) is 2. The molecule has 5 rings (SSSR count). The summed E-state index contributed by atoms with van der Waals surface area (Å²) in [5.74, 6) is 0.833. The van der Waals surface area contributed by atoms with Crippen LogP contribution >= 0.6 is 0 Å². The van der Waals surface area contributed by atoms with Crippen molar-refractivity contribution in [3.63, 3.8) is 0 Å². The minimum Gasteiger partial charge on any atom is -0.367 e. The lowest BCUT2D eigenvalue weighted by Crippen LogP contribution is -2.22. The molecule has 4 aromatic rings. The second-order valence-corrected chi connectivity index (χ2v) is 8.12. The molecule has 1 aliphatic rings. The highest BCUT2D eigenvalue weighted by Gasteiger charge is 2.22. The molecule has 1 heterocycles. The third kappa shape index (κ3) is 4.40. The molecule has 1 aromatic heterocycles. The van der Waals surface area contributed by atoms with Crippen molar-refractivity contribution in [3.8, 4) is 11.1 Å². The number of amides is 1. The Morgan fingerprint density at radius 2 is 1.77 bits per heavy atom. The van der Waals surface area contributed by atoms with Crippen molar-refractivity contribution in [2.24, 2.45) is 0 Å². The van der Waals surface area contributed by atoms with E-state index in [0.717, 1.165) is 39.0 Å². The predicted octanol–water partition coefficient (Wildman–Crippen LogP) is 5.11. The fraction of sp³-hybridized carbons (Fsp3) is 0.192. The summed E-state index contributed by atoms with van der Waals surface area (Å²) in [6.07, 6.45) is 4.01. The second kappa shape index (κ2) is 8.19. The minimum absolute atomic E-state index is 0.0657. The number of carbonyl (C=O) groups excluding carboxylic acids is 1. The first-order valence-corrected chi connectivity index (χ1v) is 10.6. The van der Waals surface area contributed by atoms with Crippen molar-refractivity contribution >= 4 is 22.6 Å². The standard InChI is InChI=1S/C26H24N4O/c1-17-5-7-19(8-6-17)26(31)27-15-18-3-2-4-20(13-18)21-9-12-24-23(14-21)25(29-16-28-24)30-22-10-11-22/h2-9,12-14,16,22H,10-11,15H2,1H3,(H,27,31)(H,28,29,30). The summed E-state index contributed by atoms with van der Waals surface area (Å²) in [5, 5.41) is 7.55. The Labute approximate surface area is 181 Å². The van der Waals surface area contributed by atoms with Gasteiger partial charge < -0.3 is 10.6 Å². The summed E-state index contributed by atoms with van der Waals surface area (Å²) in [6.45, 7) is 2.49. The second-order valence-electron chi connectivity index (χ2n) is 8.12. The van der Waals surface area contributed by atoms with Gasteiger partial charge in [-0.25, -0.2) is 9.97 Å². The molecule has 0 saturated heterocycles. The average molecular weight is 409 g/mol. The molecule has 154 valence electrons. The van der Waals surface area contributed by atoms with E-state index in [-0.39, 0.29) is 5.91 Å². The van der Waals surface area contributed by atoms with Crippen molar-refractivity contribution in [3.05, 3.63) is 89.7 Å². The van der Waals surface area contributed by atoms with Crippen LogP contribution in [-0.2, 0) is 6.54 Å². The van der Waals surface area contributed by atoms with Gasteiger partial charge in [-0.3, -0.25) is 4.79 Å². The number of carbonyl (C=O) groups is 1. The van der Waals surface area contributed by atoms with Crippen molar-refractivity contribution in [1.82, 2.24) is 15.3 Å². The van der Waals surface area contributed by atoms with Crippen LogP contribution in [-0.4, -0.2) is 21.9 Å². The Kier molecular flexibility index (Phi) is 5.08. The Balaban J connectivity index is 1.36. The summed E-state index contributed by atoms with van der Waals surface area (Å²) in [5.41, 5.74) is 6.01. The van der Waals surface area contributed by atoms with E-state index < -0.39 is 0 Å². The van der Waals surface area contributed by atoms with Crippen LogP contribution in [0.5, 0.6) is 0 Å². The molecule has 0 aliphatic heterocycles. The van der Waals surface area contributed by atoms with Crippen LogP contribution in [0.4, 0.5) is 5.82 Å². The topological polar surface area (TPSA) is 66.9 Å². The van der Waals surface area contributed by atoms with E-state index in [1.165, 1.54) is 12.8 Å². The molecule has 5 heteroatoms. The first-order chi connectivity index (χ1) is 15.2. The molecule has 0 radical (unpaired) electrons. The van der Waals surface area contributed by atoms with Gasteiger partial charge >= 0.3 is 0 Å². The van der Waals surface area contributed by atoms with Crippen LogP contribution < -0.4 is 10.6 Å². The van der Waals surface area contributed by atoms with Crippen LogP contribution in [0.25, 0.3) is 22.0 Å². The number of hydrogen-bond acceptors (Lipinski definition) is 4. The third-order valence-corrected chi connectivity index (χ3v) is 5.58. The van der Waals surface area contributed by atoms with E-state index in [0.29, 0.717) is 18.2 Å². The van der Waals surface area contributed by atoms with Gasteiger partial charge in [-0.1, -0.05) is 42.0 Å². The van der Waals surface area contributed by atoms with Crippen molar-refractivity contribution in [2.45, 2.75) is 32.4 Å². The first-order valence-electron chi connectivity index (χ1n) is 10.6. The molecule has 1 aliphatic carbocycles. The van der Waals surface area contributed by atoms with E-state index in [9.17, 15) is 4.79 Å². The first kappa shape index (κ1) is 19.2. The molecular weight excluding hydrogens is 384 g/mol. The molecule has 0 spiro atoms. The third-order valence-electron chi connectivity index (χ3n) is 5.58. The summed E-state index contributed by atoms with van der Waals surface area (Å²) in [6, 6.07) is 22.7. The molecule has 31 heavy (non-hydrogen) atoms. The van der Waals surface area contributed by atoms with Gasteiger partial charge in [-0.05, 0) is 66.8 Å². The normalized spacial score (nSPS) is 13.2. The number of nitrogens with one attached hydrogen (secondary N) is 2. The monoisotopic (exact) mass is 408 g/mol. The largest absolute Gasteiger partial charge is 0.367 e. The number of aryl methyl sites for hydroxylation is 1. The SMILES string of the molecule is Cc1ccc(C(=O)NCc2cccc(-c3ccc4ncnc(NC5CC5)c4c3)c2)cc1. The lowest BCUT2D eigenvalue weighted by molar-refractivity contribution is 0.0951. The lowest BCUT2D eigenvalue weighted by atomic mass is 10.0. The van der Waals surface area contributed by atoms with Crippen LogP contribution in [0, 0.1) is 6.92 Å². The maximum Gasteiger partial charge on any atom is 0.251 e. The van der Waals surface area contributed by atoms with Gasteiger partial charge in [-0.2, -0.15) is 0 Å². The molecule has 0 unspecified atom stereocenters. The smallest absolute Gasteiger partial charge is 0.251 e. The summed E-state index contributed by atoms with van der Waals surface area (Å²) in [4.78, 5) is 21.3. The molecule has 0 atom stereocenters. The van der Waals surface area contributed by atoms with E-state index in [4.69, 9.17) is 0 Å². The number of rotatable bonds is 6. The van der Waals surface area contributed by atoms with Crippen LogP contribution in [0.15, 0.2) is 73.1 Å². The van der Waals surface area contributed by atoms with Crippen molar-refractivity contribution in [2.75, 3.05) is 5.32 Å². The Morgan fingerprint density at radius 1 is 0.968 bits per heavy atom. The number of fused-ring (bicyclic) bond motifs is 1. The molecule has 3 aromatic carbocycles. The summed E-state index contributed by atoms with van der Waals surface area (Å²) < 4.78 is 0. The fourth-order valence-electron chi connectivity index (χ4n) is 3.62. The van der Waals surface area contributed by atoms with E-state index in [1.54, 1.807) is 6.33 Å². The van der Waals surface area contributed by atoms with Crippen molar-refractivity contribution in [1.29, 1.82) is 0 Å². The lowest BCUT2D eigenvalue weighted by Gasteiger charge is -2.10. The van der Waals surface area contributed by atoms with Gasteiger partial charge in [0.05, 0.1) is 5.52 Å². The van der Waals surface area contributed by atoms with Gasteiger partial charge in [0.25, 0.3) is 5.91 Å². The highest BCUT2D eigenvalue weighted by atomic mass is 16.1. The van der Waals surface area contributed by atoms with Crippen molar-refractivity contribution < 1.29 is 4.79 Å². The zero-order valence-corrected chi connectivity index (χ0v) is 17.4. The maximum atomic E-state index is 12.4. The Morgan fingerprint density at radius 3 is 2.58 bits per heavy atom. The molecule has 2 N–H and O–H groups in total. The van der Waals surface area contributed by atoms with E-state index in [2.05, 4.69) is 44.9 Å². The molecule has 5 nitrogen and oxygen atoms in total. The number of aromatic nitrogens is 2. The predicted molar refractivity (Wildman–Crippen MR) is 124 cm³/mol. The van der Waals surface area contributed by atoms with Crippen LogP contribution in [0.1, 0.15) is 34.3 Å².